The molecule has 0 bridgehead atoms. The maximum absolute atomic E-state index is 11.3. The lowest BCUT2D eigenvalue weighted by molar-refractivity contribution is -0.142. The second-order valence-corrected chi connectivity index (χ2v) is 3.68. The average Bonchev–Trinajstić information content (AvgIpc) is 2.87. The highest BCUT2D eigenvalue weighted by atomic mass is 16.5. The van der Waals surface area contributed by atoms with Crippen LogP contribution in [0.5, 0.6) is 5.75 Å². The predicted octanol–water partition coefficient (Wildman–Crippen LogP) is 1.85. The van der Waals surface area contributed by atoms with Gasteiger partial charge in [0, 0.05) is 0 Å². The molecule has 0 aliphatic carbocycles. The van der Waals surface area contributed by atoms with Gasteiger partial charge in [0.05, 0.1) is 19.3 Å². The molecule has 0 amide bonds. The number of methoxy groups -OCH3 is 1. The van der Waals surface area contributed by atoms with E-state index in [1.165, 1.54) is 0 Å². The molecule has 2 aromatic rings. The van der Waals surface area contributed by atoms with Crippen LogP contribution in [-0.4, -0.2) is 29.9 Å². The monoisotopic (exact) mass is 262 g/mol. The van der Waals surface area contributed by atoms with E-state index in [-0.39, 0.29) is 12.3 Å². The minimum Gasteiger partial charge on any atom is -0.496 e. The molecular weight excluding hydrogens is 248 g/mol. The van der Waals surface area contributed by atoms with E-state index in [0.717, 1.165) is 0 Å². The summed E-state index contributed by atoms with van der Waals surface area (Å²) in [5.74, 6) is 0.780. The van der Waals surface area contributed by atoms with Crippen LogP contribution in [0.2, 0.25) is 0 Å². The summed E-state index contributed by atoms with van der Waals surface area (Å²) < 4.78 is 15.4. The van der Waals surface area contributed by atoms with Crippen LogP contribution in [0.1, 0.15) is 12.8 Å². The summed E-state index contributed by atoms with van der Waals surface area (Å²) in [6.45, 7) is 2.07. The molecule has 19 heavy (non-hydrogen) atoms. The van der Waals surface area contributed by atoms with Gasteiger partial charge in [-0.25, -0.2) is 0 Å². The number of hydrogen-bond acceptors (Lipinski definition) is 6. The van der Waals surface area contributed by atoms with E-state index in [9.17, 15) is 4.79 Å². The molecule has 0 saturated heterocycles. The summed E-state index contributed by atoms with van der Waals surface area (Å²) in [4.78, 5) is 11.3. The zero-order valence-electron chi connectivity index (χ0n) is 10.8. The molecule has 0 spiro atoms. The molecule has 0 aliphatic rings. The van der Waals surface area contributed by atoms with E-state index >= 15 is 0 Å². The fourth-order valence-corrected chi connectivity index (χ4v) is 1.59. The maximum atomic E-state index is 11.3. The summed E-state index contributed by atoms with van der Waals surface area (Å²) >= 11 is 0. The summed E-state index contributed by atoms with van der Waals surface area (Å²) in [6, 6.07) is 7.29. The largest absolute Gasteiger partial charge is 0.496 e. The molecule has 1 heterocycles. The molecule has 0 N–H and O–H groups in total. The first-order valence-electron chi connectivity index (χ1n) is 5.86. The zero-order chi connectivity index (χ0) is 13.7. The standard InChI is InChI=1S/C13H14N2O4/c1-3-18-12(16)8-11-14-15-13(19-11)9-6-4-5-7-10(9)17-2/h4-7H,3,8H2,1-2H3. The van der Waals surface area contributed by atoms with Crippen LogP contribution in [0, 0.1) is 0 Å². The predicted molar refractivity (Wildman–Crippen MR) is 66.6 cm³/mol. The van der Waals surface area contributed by atoms with Gasteiger partial charge in [0.1, 0.15) is 12.2 Å². The van der Waals surface area contributed by atoms with Gasteiger partial charge in [0.2, 0.25) is 5.89 Å². The number of aromatic nitrogens is 2. The van der Waals surface area contributed by atoms with E-state index in [1.807, 2.05) is 12.1 Å². The Hall–Kier alpha value is -2.37. The third-order valence-corrected chi connectivity index (χ3v) is 2.41. The van der Waals surface area contributed by atoms with Gasteiger partial charge in [-0.05, 0) is 19.1 Å². The number of benzene rings is 1. The minimum atomic E-state index is -0.391. The van der Waals surface area contributed by atoms with Gasteiger partial charge in [-0.2, -0.15) is 0 Å². The lowest BCUT2D eigenvalue weighted by Gasteiger charge is -2.03. The highest BCUT2D eigenvalue weighted by Gasteiger charge is 2.15. The van der Waals surface area contributed by atoms with Gasteiger partial charge in [-0.15, -0.1) is 10.2 Å². The first kappa shape index (κ1) is 13.1. The highest BCUT2D eigenvalue weighted by molar-refractivity contribution is 5.71. The lowest BCUT2D eigenvalue weighted by Crippen LogP contribution is -2.07. The van der Waals surface area contributed by atoms with Crippen molar-refractivity contribution >= 4 is 5.97 Å². The van der Waals surface area contributed by atoms with Gasteiger partial charge in [0.15, 0.2) is 0 Å². The molecule has 0 unspecified atom stereocenters. The number of ether oxygens (including phenoxy) is 2. The van der Waals surface area contributed by atoms with Crippen LogP contribution in [0.3, 0.4) is 0 Å². The Kier molecular flexibility index (Phi) is 4.12. The number of nitrogens with zero attached hydrogens (tertiary/aromatic N) is 2. The van der Waals surface area contributed by atoms with E-state index in [2.05, 4.69) is 10.2 Å². The van der Waals surface area contributed by atoms with Crippen molar-refractivity contribution in [3.05, 3.63) is 30.2 Å². The number of carbonyl (C=O) groups is 1. The van der Waals surface area contributed by atoms with Crippen molar-refractivity contribution in [3.63, 3.8) is 0 Å². The molecule has 0 aliphatic heterocycles. The van der Waals surface area contributed by atoms with E-state index in [0.29, 0.717) is 23.8 Å². The van der Waals surface area contributed by atoms with Crippen molar-refractivity contribution in [3.8, 4) is 17.2 Å². The van der Waals surface area contributed by atoms with Crippen LogP contribution in [0.4, 0.5) is 0 Å². The van der Waals surface area contributed by atoms with Crippen LogP contribution in [0.15, 0.2) is 28.7 Å². The molecular formula is C13H14N2O4. The van der Waals surface area contributed by atoms with Gasteiger partial charge >= 0.3 is 5.97 Å². The van der Waals surface area contributed by atoms with E-state index in [1.54, 1.807) is 26.2 Å². The Morgan fingerprint density at radius 3 is 2.84 bits per heavy atom. The smallest absolute Gasteiger partial charge is 0.315 e. The van der Waals surface area contributed by atoms with E-state index < -0.39 is 5.97 Å². The van der Waals surface area contributed by atoms with Crippen molar-refractivity contribution in [2.45, 2.75) is 13.3 Å². The first-order valence-corrected chi connectivity index (χ1v) is 5.86. The number of para-hydroxylation sites is 1. The van der Waals surface area contributed by atoms with Gasteiger partial charge in [0.25, 0.3) is 5.89 Å². The van der Waals surface area contributed by atoms with Crippen molar-refractivity contribution in [1.82, 2.24) is 10.2 Å². The maximum Gasteiger partial charge on any atom is 0.315 e. The zero-order valence-corrected chi connectivity index (χ0v) is 10.8. The third kappa shape index (κ3) is 3.09. The fourth-order valence-electron chi connectivity index (χ4n) is 1.59. The third-order valence-electron chi connectivity index (χ3n) is 2.41. The molecule has 6 heteroatoms. The Balaban J connectivity index is 2.19. The molecule has 6 nitrogen and oxygen atoms in total. The van der Waals surface area contributed by atoms with Crippen LogP contribution in [0.25, 0.3) is 11.5 Å². The fraction of sp³-hybridized carbons (Fsp3) is 0.308. The minimum absolute atomic E-state index is 0.0318. The van der Waals surface area contributed by atoms with Gasteiger partial charge < -0.3 is 13.9 Å². The Morgan fingerprint density at radius 2 is 2.11 bits per heavy atom. The first-order chi connectivity index (χ1) is 9.24. The molecule has 0 radical (unpaired) electrons. The van der Waals surface area contributed by atoms with Crippen LogP contribution < -0.4 is 4.74 Å². The second kappa shape index (κ2) is 5.99. The molecule has 1 aromatic heterocycles. The number of hydrogen-bond donors (Lipinski definition) is 0. The second-order valence-electron chi connectivity index (χ2n) is 3.68. The molecule has 2 rings (SSSR count). The Bertz CT molecular complexity index is 565. The van der Waals surface area contributed by atoms with E-state index in [4.69, 9.17) is 13.9 Å². The van der Waals surface area contributed by atoms with Gasteiger partial charge in [-0.3, -0.25) is 4.79 Å². The summed E-state index contributed by atoms with van der Waals surface area (Å²) in [6.07, 6.45) is -0.0318. The van der Waals surface area contributed by atoms with Crippen LogP contribution >= 0.6 is 0 Å². The SMILES string of the molecule is CCOC(=O)Cc1nnc(-c2ccccc2OC)o1. The van der Waals surface area contributed by atoms with Crippen molar-refractivity contribution < 1.29 is 18.7 Å². The molecule has 100 valence electrons. The number of esters is 1. The summed E-state index contributed by atoms with van der Waals surface area (Å²) in [5, 5.41) is 7.72. The quantitative estimate of drug-likeness (QED) is 0.765. The average molecular weight is 262 g/mol. The highest BCUT2D eigenvalue weighted by Crippen LogP contribution is 2.28. The molecule has 0 atom stereocenters. The summed E-state index contributed by atoms with van der Waals surface area (Å²) in [7, 11) is 1.56. The Labute approximate surface area is 110 Å². The van der Waals surface area contributed by atoms with Crippen molar-refractivity contribution in [2.24, 2.45) is 0 Å². The van der Waals surface area contributed by atoms with Gasteiger partial charge in [-0.1, -0.05) is 12.1 Å². The molecule has 1 aromatic carbocycles. The van der Waals surface area contributed by atoms with Crippen molar-refractivity contribution in [1.29, 1.82) is 0 Å². The number of carbonyl (C=O) groups excluding carboxylic acids is 1. The Morgan fingerprint density at radius 1 is 1.32 bits per heavy atom. The summed E-state index contributed by atoms with van der Waals surface area (Å²) in [5.41, 5.74) is 0.688. The normalized spacial score (nSPS) is 10.2. The molecule has 0 saturated carbocycles. The molecule has 0 fully saturated rings. The number of rotatable bonds is 5. The topological polar surface area (TPSA) is 74.5 Å². The van der Waals surface area contributed by atoms with Crippen LogP contribution in [-0.2, 0) is 16.0 Å². The van der Waals surface area contributed by atoms with Crippen molar-refractivity contribution in [2.75, 3.05) is 13.7 Å². The lowest BCUT2D eigenvalue weighted by atomic mass is 10.2.